The lowest BCUT2D eigenvalue weighted by Crippen LogP contribution is -2.30. The van der Waals surface area contributed by atoms with Crippen LogP contribution in [-0.2, 0) is 21.4 Å². The molecule has 0 radical (unpaired) electrons. The van der Waals surface area contributed by atoms with E-state index in [-0.39, 0.29) is 16.6 Å². The van der Waals surface area contributed by atoms with Crippen molar-refractivity contribution in [2.24, 2.45) is 0 Å². The average molecular weight is 447 g/mol. The molecule has 160 valence electrons. The summed E-state index contributed by atoms with van der Waals surface area (Å²) in [7, 11) is -3.55. The number of aromatic nitrogens is 2. The van der Waals surface area contributed by atoms with Gasteiger partial charge in [0, 0.05) is 25.3 Å². The van der Waals surface area contributed by atoms with Crippen molar-refractivity contribution in [3.8, 4) is 0 Å². The highest BCUT2D eigenvalue weighted by Gasteiger charge is 2.23. The van der Waals surface area contributed by atoms with Crippen LogP contribution in [0.3, 0.4) is 0 Å². The molecule has 0 atom stereocenters. The highest BCUT2D eigenvalue weighted by atomic mass is 32.2. The van der Waals surface area contributed by atoms with Crippen LogP contribution in [0.5, 0.6) is 0 Å². The van der Waals surface area contributed by atoms with Crippen LogP contribution in [0.25, 0.3) is 11.0 Å². The minimum Gasteiger partial charge on any atom is -0.325 e. The topological polar surface area (TPSA) is 84.3 Å². The van der Waals surface area contributed by atoms with Crippen LogP contribution in [0.15, 0.2) is 58.6 Å². The van der Waals surface area contributed by atoms with Crippen molar-refractivity contribution in [3.63, 3.8) is 0 Å². The van der Waals surface area contributed by atoms with Gasteiger partial charge in [-0.3, -0.25) is 4.79 Å². The molecule has 0 aliphatic rings. The zero-order chi connectivity index (χ0) is 21.7. The van der Waals surface area contributed by atoms with Crippen LogP contribution in [-0.4, -0.2) is 47.0 Å². The number of hydrogen-bond donors (Lipinski definition) is 1. The number of rotatable bonds is 9. The molecule has 1 amide bonds. The highest BCUT2D eigenvalue weighted by Crippen LogP contribution is 2.27. The molecule has 7 nitrogen and oxygen atoms in total. The summed E-state index contributed by atoms with van der Waals surface area (Å²) in [5.74, 6) is 0.0914. The quantitative estimate of drug-likeness (QED) is 0.505. The summed E-state index contributed by atoms with van der Waals surface area (Å²) in [5, 5.41) is 3.54. The van der Waals surface area contributed by atoms with Crippen LogP contribution in [0.4, 0.5) is 5.69 Å². The molecule has 2 aromatic carbocycles. The van der Waals surface area contributed by atoms with Crippen molar-refractivity contribution in [2.75, 3.05) is 24.2 Å². The Morgan fingerprint density at radius 1 is 1.10 bits per heavy atom. The van der Waals surface area contributed by atoms with E-state index in [0.29, 0.717) is 30.3 Å². The van der Waals surface area contributed by atoms with Crippen LogP contribution < -0.4 is 5.32 Å². The Kier molecular flexibility index (Phi) is 7.17. The first-order valence-corrected chi connectivity index (χ1v) is 12.3. The van der Waals surface area contributed by atoms with Gasteiger partial charge in [0.25, 0.3) is 0 Å². The summed E-state index contributed by atoms with van der Waals surface area (Å²) in [6.07, 6.45) is 0. The first-order valence-electron chi connectivity index (χ1n) is 9.88. The van der Waals surface area contributed by atoms with Crippen LogP contribution in [0.1, 0.15) is 20.8 Å². The SMILES string of the molecule is CCN(CC)S(=O)(=O)c1ccc2c(c1)nc(SCC(=O)Nc1ccccc1)n2CC. The lowest BCUT2D eigenvalue weighted by molar-refractivity contribution is -0.113. The second kappa shape index (κ2) is 9.63. The van der Waals surface area contributed by atoms with E-state index in [1.54, 1.807) is 18.2 Å². The lowest BCUT2D eigenvalue weighted by atomic mass is 10.3. The van der Waals surface area contributed by atoms with E-state index >= 15 is 0 Å². The van der Waals surface area contributed by atoms with Gasteiger partial charge < -0.3 is 9.88 Å². The molecule has 9 heteroatoms. The summed E-state index contributed by atoms with van der Waals surface area (Å²) in [5.41, 5.74) is 2.20. The summed E-state index contributed by atoms with van der Waals surface area (Å²) in [4.78, 5) is 17.1. The van der Waals surface area contributed by atoms with Crippen molar-refractivity contribution >= 4 is 44.4 Å². The maximum Gasteiger partial charge on any atom is 0.243 e. The maximum atomic E-state index is 12.8. The number of fused-ring (bicyclic) bond motifs is 1. The Hall–Kier alpha value is -2.36. The molecule has 0 bridgehead atoms. The number of carbonyl (C=O) groups is 1. The fraction of sp³-hybridized carbons (Fsp3) is 0.333. The number of anilines is 1. The number of benzene rings is 2. The molecule has 3 rings (SSSR count). The van der Waals surface area contributed by atoms with Crippen molar-refractivity contribution in [3.05, 3.63) is 48.5 Å². The molecule has 0 unspecified atom stereocenters. The number of nitrogens with zero attached hydrogens (tertiary/aromatic N) is 3. The number of hydrogen-bond acceptors (Lipinski definition) is 5. The van der Waals surface area contributed by atoms with Gasteiger partial charge in [-0.1, -0.05) is 43.8 Å². The smallest absolute Gasteiger partial charge is 0.243 e. The minimum absolute atomic E-state index is 0.120. The van der Waals surface area contributed by atoms with Gasteiger partial charge >= 0.3 is 0 Å². The van der Waals surface area contributed by atoms with Crippen molar-refractivity contribution in [2.45, 2.75) is 37.4 Å². The summed E-state index contributed by atoms with van der Waals surface area (Å²) >= 11 is 1.33. The first kappa shape index (κ1) is 22.3. The van der Waals surface area contributed by atoms with Gasteiger partial charge in [0.2, 0.25) is 15.9 Å². The fourth-order valence-electron chi connectivity index (χ4n) is 3.22. The van der Waals surface area contributed by atoms with E-state index in [0.717, 1.165) is 11.2 Å². The number of sulfonamides is 1. The predicted molar refractivity (Wildman–Crippen MR) is 121 cm³/mol. The third kappa shape index (κ3) is 4.69. The Labute approximate surface area is 181 Å². The Morgan fingerprint density at radius 2 is 1.80 bits per heavy atom. The molecule has 30 heavy (non-hydrogen) atoms. The van der Waals surface area contributed by atoms with Crippen LogP contribution in [0, 0.1) is 0 Å². The zero-order valence-corrected chi connectivity index (χ0v) is 19.0. The third-order valence-electron chi connectivity index (χ3n) is 4.73. The van der Waals surface area contributed by atoms with E-state index in [4.69, 9.17) is 0 Å². The van der Waals surface area contributed by atoms with Gasteiger partial charge in [0.1, 0.15) is 0 Å². The fourth-order valence-corrected chi connectivity index (χ4v) is 5.58. The largest absolute Gasteiger partial charge is 0.325 e. The van der Waals surface area contributed by atoms with E-state index in [9.17, 15) is 13.2 Å². The number of aryl methyl sites for hydroxylation is 1. The van der Waals surface area contributed by atoms with Gasteiger partial charge in [0.15, 0.2) is 5.16 Å². The maximum absolute atomic E-state index is 12.8. The predicted octanol–water partition coefficient (Wildman–Crippen LogP) is 3.82. The van der Waals surface area contributed by atoms with Crippen molar-refractivity contribution < 1.29 is 13.2 Å². The zero-order valence-electron chi connectivity index (χ0n) is 17.3. The van der Waals surface area contributed by atoms with E-state index in [2.05, 4.69) is 10.3 Å². The number of amides is 1. The molecule has 1 N–H and O–H groups in total. The van der Waals surface area contributed by atoms with Crippen LogP contribution >= 0.6 is 11.8 Å². The molecule has 0 aliphatic carbocycles. The molecule has 0 aliphatic heterocycles. The molecule has 0 saturated carbocycles. The second-order valence-corrected chi connectivity index (χ2v) is 9.46. The Balaban J connectivity index is 1.83. The van der Waals surface area contributed by atoms with Gasteiger partial charge in [-0.05, 0) is 37.3 Å². The summed E-state index contributed by atoms with van der Waals surface area (Å²) in [6, 6.07) is 14.3. The molecule has 0 saturated heterocycles. The number of para-hydroxylation sites is 1. The molecule has 3 aromatic rings. The first-order chi connectivity index (χ1) is 14.4. The van der Waals surface area contributed by atoms with Gasteiger partial charge in [0.05, 0.1) is 21.7 Å². The van der Waals surface area contributed by atoms with Crippen molar-refractivity contribution in [1.82, 2.24) is 13.9 Å². The van der Waals surface area contributed by atoms with E-state index in [1.165, 1.54) is 16.1 Å². The minimum atomic E-state index is -3.55. The van der Waals surface area contributed by atoms with Gasteiger partial charge in [-0.2, -0.15) is 4.31 Å². The second-order valence-electron chi connectivity index (χ2n) is 6.58. The van der Waals surface area contributed by atoms with Crippen LogP contribution in [0.2, 0.25) is 0 Å². The molecular formula is C21H26N4O3S2. The van der Waals surface area contributed by atoms with E-state index in [1.807, 2.05) is 55.7 Å². The normalized spacial score (nSPS) is 11.9. The number of carbonyl (C=O) groups excluding carboxylic acids is 1. The monoisotopic (exact) mass is 446 g/mol. The number of imidazole rings is 1. The number of nitrogens with one attached hydrogen (secondary N) is 1. The molecule has 0 fully saturated rings. The number of thioether (sulfide) groups is 1. The molecular weight excluding hydrogens is 420 g/mol. The summed E-state index contributed by atoms with van der Waals surface area (Å²) < 4.78 is 29.1. The molecule has 0 spiro atoms. The standard InChI is InChI=1S/C21H26N4O3S2/c1-4-24(5-2)30(27,28)17-12-13-19-18(14-17)23-21(25(19)6-3)29-15-20(26)22-16-10-8-7-9-11-16/h7-14H,4-6,15H2,1-3H3,(H,22,26). The van der Waals surface area contributed by atoms with E-state index < -0.39 is 10.0 Å². The summed E-state index contributed by atoms with van der Waals surface area (Å²) in [6.45, 7) is 7.13. The van der Waals surface area contributed by atoms with Gasteiger partial charge in [-0.15, -0.1) is 0 Å². The lowest BCUT2D eigenvalue weighted by Gasteiger charge is -2.18. The molecule has 1 aromatic heterocycles. The Bertz CT molecular complexity index is 1120. The van der Waals surface area contributed by atoms with Crippen molar-refractivity contribution in [1.29, 1.82) is 0 Å². The Morgan fingerprint density at radius 3 is 2.43 bits per heavy atom. The highest BCUT2D eigenvalue weighted by molar-refractivity contribution is 7.99. The average Bonchev–Trinajstić information content (AvgIpc) is 3.10. The molecule has 1 heterocycles. The van der Waals surface area contributed by atoms with Gasteiger partial charge in [-0.25, -0.2) is 13.4 Å². The third-order valence-corrected chi connectivity index (χ3v) is 7.76.